The van der Waals surface area contributed by atoms with Gasteiger partial charge in [-0.25, -0.2) is 4.39 Å². The summed E-state index contributed by atoms with van der Waals surface area (Å²) in [5, 5.41) is 8.65. The lowest BCUT2D eigenvalue weighted by atomic mass is 9.94. The van der Waals surface area contributed by atoms with Crippen LogP contribution >= 0.6 is 23.8 Å². The summed E-state index contributed by atoms with van der Waals surface area (Å²) in [5.41, 5.74) is 4.13. The zero-order valence-electron chi connectivity index (χ0n) is 18.2. The molecular weight excluding hydrogens is 471 g/mol. The van der Waals surface area contributed by atoms with Crippen LogP contribution in [0, 0.1) is 5.82 Å². The fourth-order valence-corrected chi connectivity index (χ4v) is 4.54. The summed E-state index contributed by atoms with van der Waals surface area (Å²) in [6.07, 6.45) is 0. The van der Waals surface area contributed by atoms with E-state index in [9.17, 15) is 4.39 Å². The minimum absolute atomic E-state index is 0.329. The predicted octanol–water partition coefficient (Wildman–Crippen LogP) is 6.39. The normalized spacial score (nSPS) is 16.0. The number of hydrogen-bond donors (Lipinski definition) is 1. The lowest BCUT2D eigenvalue weighted by Gasteiger charge is -2.37. The van der Waals surface area contributed by atoms with Crippen molar-refractivity contribution in [2.75, 3.05) is 0 Å². The van der Waals surface area contributed by atoms with Gasteiger partial charge in [0, 0.05) is 22.8 Å². The minimum atomic E-state index is -0.456. The van der Waals surface area contributed by atoms with Crippen molar-refractivity contribution in [3.63, 3.8) is 0 Å². The fourth-order valence-electron chi connectivity index (χ4n) is 4.03. The lowest BCUT2D eigenvalue weighted by molar-refractivity contribution is 0.396. The molecule has 170 valence electrons. The standard InChI is InChI=1S/C26H20ClFN4OS/c1-16-22(25-30-24(31-33-25)19-10-5-11-20(27)13-19)23(18-9-6-12-21(28)14-18)29-26(34)32(16)15-17-7-3-2-4-8-17/h2-14,23H,15H2,1H3,(H,29,34). The minimum Gasteiger partial charge on any atom is -0.351 e. The molecule has 4 aromatic rings. The Bertz CT molecular complexity index is 1390. The molecule has 0 saturated carbocycles. The first kappa shape index (κ1) is 22.3. The van der Waals surface area contributed by atoms with E-state index in [-0.39, 0.29) is 5.82 Å². The predicted molar refractivity (Wildman–Crippen MR) is 134 cm³/mol. The van der Waals surface area contributed by atoms with Crippen LogP contribution in [-0.4, -0.2) is 20.2 Å². The second-order valence-corrected chi connectivity index (χ2v) is 8.76. The first-order chi connectivity index (χ1) is 16.5. The van der Waals surface area contributed by atoms with Crippen molar-refractivity contribution >= 4 is 34.5 Å². The molecule has 0 bridgehead atoms. The highest BCUT2D eigenvalue weighted by Crippen LogP contribution is 2.38. The topological polar surface area (TPSA) is 54.2 Å². The van der Waals surface area contributed by atoms with Gasteiger partial charge in [-0.3, -0.25) is 0 Å². The maximum Gasteiger partial charge on any atom is 0.258 e. The van der Waals surface area contributed by atoms with Gasteiger partial charge in [-0.15, -0.1) is 0 Å². The highest BCUT2D eigenvalue weighted by molar-refractivity contribution is 7.80. The van der Waals surface area contributed by atoms with Gasteiger partial charge >= 0.3 is 0 Å². The van der Waals surface area contributed by atoms with Gasteiger partial charge < -0.3 is 14.7 Å². The van der Waals surface area contributed by atoms with Crippen molar-refractivity contribution in [3.05, 3.63) is 112 Å². The summed E-state index contributed by atoms with van der Waals surface area (Å²) in [6, 6.07) is 23.2. The summed E-state index contributed by atoms with van der Waals surface area (Å²) in [4.78, 5) is 6.65. The van der Waals surface area contributed by atoms with Gasteiger partial charge in [0.2, 0.25) is 5.82 Å². The van der Waals surface area contributed by atoms with Gasteiger partial charge in [0.15, 0.2) is 5.11 Å². The van der Waals surface area contributed by atoms with Crippen molar-refractivity contribution in [3.8, 4) is 11.4 Å². The van der Waals surface area contributed by atoms with E-state index in [1.807, 2.05) is 60.4 Å². The molecule has 0 aliphatic carbocycles. The maximum absolute atomic E-state index is 14.1. The average molecular weight is 491 g/mol. The summed E-state index contributed by atoms with van der Waals surface area (Å²) >= 11 is 11.9. The molecule has 1 aliphatic heterocycles. The SMILES string of the molecule is CC1=C(c2nc(-c3cccc(Cl)c3)no2)C(c2cccc(F)c2)NC(=S)N1Cc1ccccc1. The Labute approximate surface area is 206 Å². The summed E-state index contributed by atoms with van der Waals surface area (Å²) in [5.74, 6) is 0.410. The van der Waals surface area contributed by atoms with Crippen LogP contribution in [0.15, 0.2) is 89.1 Å². The monoisotopic (exact) mass is 490 g/mol. The van der Waals surface area contributed by atoms with Gasteiger partial charge in [-0.05, 0) is 54.5 Å². The van der Waals surface area contributed by atoms with Crippen LogP contribution in [-0.2, 0) is 6.54 Å². The second kappa shape index (κ2) is 9.37. The van der Waals surface area contributed by atoms with E-state index in [4.69, 9.17) is 28.3 Å². The van der Waals surface area contributed by atoms with E-state index in [1.54, 1.807) is 18.2 Å². The molecule has 5 nitrogen and oxygen atoms in total. The Kier molecular flexibility index (Phi) is 6.13. The summed E-state index contributed by atoms with van der Waals surface area (Å²) < 4.78 is 19.8. The number of nitrogens with zero attached hydrogens (tertiary/aromatic N) is 3. The Balaban J connectivity index is 1.61. The van der Waals surface area contributed by atoms with Crippen LogP contribution < -0.4 is 5.32 Å². The van der Waals surface area contributed by atoms with Gasteiger partial charge in [0.25, 0.3) is 5.89 Å². The van der Waals surface area contributed by atoms with Crippen molar-refractivity contribution < 1.29 is 8.91 Å². The van der Waals surface area contributed by atoms with Gasteiger partial charge in [0.05, 0.1) is 11.6 Å². The third-order valence-electron chi connectivity index (χ3n) is 5.70. The van der Waals surface area contributed by atoms with Crippen LogP contribution in [0.4, 0.5) is 4.39 Å². The fraction of sp³-hybridized carbons (Fsp3) is 0.115. The van der Waals surface area contributed by atoms with E-state index in [0.717, 1.165) is 22.4 Å². The van der Waals surface area contributed by atoms with Crippen molar-refractivity contribution in [1.29, 1.82) is 0 Å². The van der Waals surface area contributed by atoms with E-state index in [2.05, 4.69) is 15.5 Å². The van der Waals surface area contributed by atoms with E-state index < -0.39 is 6.04 Å². The number of thiocarbonyl (C=S) groups is 1. The van der Waals surface area contributed by atoms with E-state index in [0.29, 0.717) is 34.0 Å². The Hall–Kier alpha value is -3.55. The maximum atomic E-state index is 14.1. The number of nitrogens with one attached hydrogen (secondary N) is 1. The zero-order chi connectivity index (χ0) is 23.7. The number of benzene rings is 3. The third-order valence-corrected chi connectivity index (χ3v) is 6.27. The highest BCUT2D eigenvalue weighted by Gasteiger charge is 2.34. The highest BCUT2D eigenvalue weighted by atomic mass is 35.5. The zero-order valence-corrected chi connectivity index (χ0v) is 19.8. The number of halogens is 2. The molecule has 1 aliphatic rings. The second-order valence-electron chi connectivity index (χ2n) is 7.94. The van der Waals surface area contributed by atoms with Crippen LogP contribution in [0.25, 0.3) is 17.0 Å². The quantitative estimate of drug-likeness (QED) is 0.327. The van der Waals surface area contributed by atoms with Crippen LogP contribution in [0.2, 0.25) is 5.02 Å². The first-order valence-electron chi connectivity index (χ1n) is 10.7. The van der Waals surface area contributed by atoms with Crippen LogP contribution in [0.5, 0.6) is 0 Å². The largest absolute Gasteiger partial charge is 0.351 e. The molecular formula is C26H20ClFN4OS. The number of hydrogen-bond acceptors (Lipinski definition) is 4. The first-order valence-corrected chi connectivity index (χ1v) is 11.5. The Morgan fingerprint density at radius 2 is 1.85 bits per heavy atom. The smallest absolute Gasteiger partial charge is 0.258 e. The molecule has 0 fully saturated rings. The van der Waals surface area contributed by atoms with Gasteiger partial charge in [0.1, 0.15) is 5.82 Å². The molecule has 1 aromatic heterocycles. The van der Waals surface area contributed by atoms with Crippen LogP contribution in [0.1, 0.15) is 30.0 Å². The molecule has 0 saturated heterocycles. The summed E-state index contributed by atoms with van der Waals surface area (Å²) in [7, 11) is 0. The number of allylic oxidation sites excluding steroid dienone is 1. The Morgan fingerprint density at radius 1 is 1.06 bits per heavy atom. The van der Waals surface area contributed by atoms with E-state index in [1.165, 1.54) is 12.1 Å². The lowest BCUT2D eigenvalue weighted by Crippen LogP contribution is -2.45. The van der Waals surface area contributed by atoms with Gasteiger partial charge in [-0.1, -0.05) is 71.4 Å². The molecule has 1 N–H and O–H groups in total. The molecule has 34 heavy (non-hydrogen) atoms. The Morgan fingerprint density at radius 3 is 2.62 bits per heavy atom. The molecule has 1 unspecified atom stereocenters. The molecule has 3 aromatic carbocycles. The summed E-state index contributed by atoms with van der Waals surface area (Å²) in [6.45, 7) is 2.52. The number of rotatable bonds is 5. The molecule has 2 heterocycles. The molecule has 5 rings (SSSR count). The van der Waals surface area contributed by atoms with Crippen molar-refractivity contribution in [1.82, 2.24) is 20.4 Å². The van der Waals surface area contributed by atoms with Crippen molar-refractivity contribution in [2.45, 2.75) is 19.5 Å². The molecule has 0 radical (unpaired) electrons. The average Bonchev–Trinajstić information content (AvgIpc) is 3.32. The van der Waals surface area contributed by atoms with Gasteiger partial charge in [-0.2, -0.15) is 4.98 Å². The molecule has 1 atom stereocenters. The molecule has 8 heteroatoms. The van der Waals surface area contributed by atoms with Crippen molar-refractivity contribution in [2.24, 2.45) is 0 Å². The van der Waals surface area contributed by atoms with E-state index >= 15 is 0 Å². The van der Waals surface area contributed by atoms with Crippen LogP contribution in [0.3, 0.4) is 0 Å². The third kappa shape index (κ3) is 4.44. The molecule has 0 amide bonds. The number of aromatic nitrogens is 2. The molecule has 0 spiro atoms.